The van der Waals surface area contributed by atoms with Crippen molar-refractivity contribution in [3.63, 3.8) is 0 Å². The fourth-order valence-corrected chi connectivity index (χ4v) is 1.52. The number of ether oxygens (including phenoxy) is 3. The molecular weight excluding hydrogens is 244 g/mol. The Bertz CT molecular complexity index is 233. The maximum Gasteiger partial charge on any atom is 0.0963 e. The third-order valence-electron chi connectivity index (χ3n) is 3.08. The van der Waals surface area contributed by atoms with Crippen LogP contribution in [0.4, 0.5) is 0 Å². The van der Waals surface area contributed by atoms with Crippen molar-refractivity contribution >= 4 is 5.84 Å². The van der Waals surface area contributed by atoms with E-state index in [1.807, 2.05) is 13.8 Å². The fraction of sp³-hybridized carbons (Fsp3) is 0.929. The number of methoxy groups -OCH3 is 1. The first-order valence-corrected chi connectivity index (χ1v) is 6.99. The highest BCUT2D eigenvalue weighted by Gasteiger charge is 2.20. The van der Waals surface area contributed by atoms with E-state index in [1.165, 1.54) is 0 Å². The summed E-state index contributed by atoms with van der Waals surface area (Å²) in [7, 11) is 1.67. The SMILES string of the molecule is COCCOCCCOCCCCC(C)(C)C(=N)N. The summed E-state index contributed by atoms with van der Waals surface area (Å²) >= 11 is 0. The summed E-state index contributed by atoms with van der Waals surface area (Å²) in [6, 6.07) is 0. The molecule has 0 aliphatic carbocycles. The lowest BCUT2D eigenvalue weighted by molar-refractivity contribution is 0.0507. The zero-order valence-electron chi connectivity index (χ0n) is 12.7. The molecule has 0 aliphatic heterocycles. The second-order valence-electron chi connectivity index (χ2n) is 5.33. The molecule has 0 spiro atoms. The molecule has 0 bridgehead atoms. The van der Waals surface area contributed by atoms with E-state index in [0.717, 1.165) is 45.5 Å². The van der Waals surface area contributed by atoms with Gasteiger partial charge in [-0.2, -0.15) is 0 Å². The molecule has 0 radical (unpaired) electrons. The third-order valence-corrected chi connectivity index (χ3v) is 3.08. The molecule has 0 amide bonds. The smallest absolute Gasteiger partial charge is 0.0963 e. The Hall–Kier alpha value is -0.650. The molecule has 5 nitrogen and oxygen atoms in total. The summed E-state index contributed by atoms with van der Waals surface area (Å²) < 4.78 is 15.7. The average Bonchev–Trinajstić information content (AvgIpc) is 2.35. The van der Waals surface area contributed by atoms with Crippen LogP contribution in [0.25, 0.3) is 0 Å². The summed E-state index contributed by atoms with van der Waals surface area (Å²) in [6.45, 7) is 7.54. The minimum Gasteiger partial charge on any atom is -0.387 e. The number of unbranched alkanes of at least 4 members (excludes halogenated alkanes) is 1. The molecule has 0 aromatic rings. The summed E-state index contributed by atoms with van der Waals surface area (Å²) in [5.41, 5.74) is 5.34. The predicted molar refractivity (Wildman–Crippen MR) is 77.7 cm³/mol. The molecule has 3 N–H and O–H groups in total. The van der Waals surface area contributed by atoms with Crippen LogP contribution < -0.4 is 5.73 Å². The van der Waals surface area contributed by atoms with Gasteiger partial charge in [0, 0.05) is 32.3 Å². The lowest BCUT2D eigenvalue weighted by Gasteiger charge is -2.22. The van der Waals surface area contributed by atoms with E-state index in [9.17, 15) is 0 Å². The van der Waals surface area contributed by atoms with Crippen molar-refractivity contribution < 1.29 is 14.2 Å². The van der Waals surface area contributed by atoms with Gasteiger partial charge in [-0.3, -0.25) is 5.41 Å². The molecule has 0 atom stereocenters. The van der Waals surface area contributed by atoms with Crippen LogP contribution in [0.3, 0.4) is 0 Å². The first kappa shape index (κ1) is 18.4. The molecule has 5 heteroatoms. The van der Waals surface area contributed by atoms with Crippen molar-refractivity contribution in [1.82, 2.24) is 0 Å². The van der Waals surface area contributed by atoms with E-state index in [0.29, 0.717) is 13.2 Å². The number of hydrogen-bond donors (Lipinski definition) is 2. The highest BCUT2D eigenvalue weighted by Crippen LogP contribution is 2.22. The molecule has 0 aromatic heterocycles. The topological polar surface area (TPSA) is 77.6 Å². The number of rotatable bonds is 13. The highest BCUT2D eigenvalue weighted by molar-refractivity contribution is 5.82. The van der Waals surface area contributed by atoms with Gasteiger partial charge in [-0.1, -0.05) is 20.3 Å². The Kier molecular flexibility index (Phi) is 10.8. The first-order valence-electron chi connectivity index (χ1n) is 6.99. The Morgan fingerprint density at radius 3 is 2.11 bits per heavy atom. The highest BCUT2D eigenvalue weighted by atomic mass is 16.5. The van der Waals surface area contributed by atoms with Gasteiger partial charge in [0.15, 0.2) is 0 Å². The quantitative estimate of drug-likeness (QED) is 0.306. The third kappa shape index (κ3) is 10.9. The van der Waals surface area contributed by atoms with Crippen LogP contribution in [0.2, 0.25) is 0 Å². The second-order valence-corrected chi connectivity index (χ2v) is 5.33. The van der Waals surface area contributed by atoms with E-state index >= 15 is 0 Å². The maximum atomic E-state index is 7.46. The van der Waals surface area contributed by atoms with Gasteiger partial charge in [0.2, 0.25) is 0 Å². The van der Waals surface area contributed by atoms with Gasteiger partial charge >= 0.3 is 0 Å². The molecule has 0 unspecified atom stereocenters. The van der Waals surface area contributed by atoms with Gasteiger partial charge in [0.1, 0.15) is 0 Å². The van der Waals surface area contributed by atoms with Crippen LogP contribution in [0.1, 0.15) is 39.5 Å². The molecule has 114 valence electrons. The van der Waals surface area contributed by atoms with Crippen LogP contribution >= 0.6 is 0 Å². The molecular formula is C14H30N2O3. The van der Waals surface area contributed by atoms with Gasteiger partial charge in [-0.05, 0) is 19.3 Å². The van der Waals surface area contributed by atoms with Crippen molar-refractivity contribution in [2.45, 2.75) is 39.5 Å². The lowest BCUT2D eigenvalue weighted by Crippen LogP contribution is -2.30. The monoisotopic (exact) mass is 274 g/mol. The zero-order chi connectivity index (χ0) is 14.6. The van der Waals surface area contributed by atoms with Gasteiger partial charge in [0.05, 0.1) is 19.0 Å². The molecule has 0 aromatic carbocycles. The normalized spacial score (nSPS) is 11.7. The van der Waals surface area contributed by atoms with Crippen LogP contribution in [-0.2, 0) is 14.2 Å². The minimum atomic E-state index is -0.185. The number of nitrogens with two attached hydrogens (primary N) is 1. The van der Waals surface area contributed by atoms with Gasteiger partial charge < -0.3 is 19.9 Å². The molecule has 0 saturated heterocycles. The van der Waals surface area contributed by atoms with E-state index in [1.54, 1.807) is 7.11 Å². The van der Waals surface area contributed by atoms with Crippen LogP contribution in [-0.4, -0.2) is 46.0 Å². The average molecular weight is 274 g/mol. The van der Waals surface area contributed by atoms with Crippen molar-refractivity contribution in [3.8, 4) is 0 Å². The van der Waals surface area contributed by atoms with Gasteiger partial charge in [-0.25, -0.2) is 0 Å². The molecule has 0 fully saturated rings. The van der Waals surface area contributed by atoms with Crippen molar-refractivity contribution in [3.05, 3.63) is 0 Å². The molecule has 0 rings (SSSR count). The lowest BCUT2D eigenvalue weighted by atomic mass is 9.86. The zero-order valence-corrected chi connectivity index (χ0v) is 12.7. The number of hydrogen-bond acceptors (Lipinski definition) is 4. The van der Waals surface area contributed by atoms with E-state index < -0.39 is 0 Å². The summed E-state index contributed by atoms with van der Waals surface area (Å²) in [6.07, 6.45) is 3.91. The maximum absolute atomic E-state index is 7.46. The van der Waals surface area contributed by atoms with Gasteiger partial charge in [-0.15, -0.1) is 0 Å². The van der Waals surface area contributed by atoms with Crippen LogP contribution in [0, 0.1) is 10.8 Å². The Morgan fingerprint density at radius 1 is 0.947 bits per heavy atom. The molecule has 19 heavy (non-hydrogen) atoms. The Labute approximate surface area is 117 Å². The van der Waals surface area contributed by atoms with Gasteiger partial charge in [0.25, 0.3) is 0 Å². The summed E-state index contributed by atoms with van der Waals surface area (Å²) in [5, 5.41) is 7.46. The second kappa shape index (κ2) is 11.2. The van der Waals surface area contributed by atoms with E-state index in [4.69, 9.17) is 25.4 Å². The first-order chi connectivity index (χ1) is 9.00. The number of nitrogens with one attached hydrogen (secondary N) is 1. The van der Waals surface area contributed by atoms with E-state index in [2.05, 4.69) is 0 Å². The fourth-order valence-electron chi connectivity index (χ4n) is 1.52. The number of amidine groups is 1. The summed E-state index contributed by atoms with van der Waals surface area (Å²) in [5.74, 6) is 0.265. The van der Waals surface area contributed by atoms with Crippen LogP contribution in [0.15, 0.2) is 0 Å². The van der Waals surface area contributed by atoms with Crippen molar-refractivity contribution in [1.29, 1.82) is 5.41 Å². The Morgan fingerprint density at radius 2 is 1.53 bits per heavy atom. The largest absolute Gasteiger partial charge is 0.387 e. The molecule has 0 heterocycles. The molecule has 0 aliphatic rings. The Balaban J connectivity index is 3.21. The van der Waals surface area contributed by atoms with Crippen molar-refractivity contribution in [2.24, 2.45) is 11.1 Å². The molecule has 0 saturated carbocycles. The minimum absolute atomic E-state index is 0.185. The van der Waals surface area contributed by atoms with Crippen molar-refractivity contribution in [2.75, 3.05) is 40.1 Å². The van der Waals surface area contributed by atoms with E-state index in [-0.39, 0.29) is 11.3 Å². The summed E-state index contributed by atoms with van der Waals surface area (Å²) in [4.78, 5) is 0. The standard InChI is InChI=1S/C14H30N2O3/c1-14(2,13(15)16)7-4-5-8-18-9-6-10-19-12-11-17-3/h4-12H2,1-3H3,(H3,15,16). The van der Waals surface area contributed by atoms with Crippen LogP contribution in [0.5, 0.6) is 0 Å². The predicted octanol–water partition coefficient (Wildman–Crippen LogP) is 2.19.